The standard InChI is InChI=1S/C22H23ClFN5O/c1-2-25-22(26-11-10-16-6-8-20(23)27-13-16)29-15-17-7-9-21(28-14-17)30-19-5-3-4-18(24)12-19/h3-9,12-14H,2,10-11,15H2,1H3,(H2,25,26,29). The molecular weight excluding hydrogens is 405 g/mol. The summed E-state index contributed by atoms with van der Waals surface area (Å²) >= 11 is 5.81. The topological polar surface area (TPSA) is 71.4 Å². The largest absolute Gasteiger partial charge is 0.439 e. The lowest BCUT2D eigenvalue weighted by Crippen LogP contribution is -2.38. The van der Waals surface area contributed by atoms with E-state index in [9.17, 15) is 4.39 Å². The number of hydrogen-bond acceptors (Lipinski definition) is 4. The molecule has 3 rings (SSSR count). The predicted molar refractivity (Wildman–Crippen MR) is 116 cm³/mol. The third-order valence-electron chi connectivity index (χ3n) is 4.07. The van der Waals surface area contributed by atoms with Gasteiger partial charge in [0.25, 0.3) is 0 Å². The summed E-state index contributed by atoms with van der Waals surface area (Å²) in [5.74, 6) is 1.17. The molecule has 1 aromatic carbocycles. The van der Waals surface area contributed by atoms with Crippen molar-refractivity contribution in [3.63, 3.8) is 0 Å². The Balaban J connectivity index is 1.52. The summed E-state index contributed by atoms with van der Waals surface area (Å²) < 4.78 is 18.8. The first kappa shape index (κ1) is 21.5. The van der Waals surface area contributed by atoms with Crippen molar-refractivity contribution in [1.29, 1.82) is 0 Å². The van der Waals surface area contributed by atoms with Gasteiger partial charge >= 0.3 is 0 Å². The molecule has 156 valence electrons. The summed E-state index contributed by atoms with van der Waals surface area (Å²) in [6.45, 7) is 3.95. The molecule has 2 heterocycles. The van der Waals surface area contributed by atoms with Crippen molar-refractivity contribution in [3.05, 3.63) is 83.0 Å². The fourth-order valence-corrected chi connectivity index (χ4v) is 2.72. The third kappa shape index (κ3) is 7.00. The van der Waals surface area contributed by atoms with Crippen molar-refractivity contribution < 1.29 is 9.13 Å². The molecule has 3 aromatic rings. The molecule has 0 bridgehead atoms. The minimum atomic E-state index is -0.353. The van der Waals surface area contributed by atoms with Gasteiger partial charge in [-0.3, -0.25) is 0 Å². The number of ether oxygens (including phenoxy) is 1. The number of nitrogens with zero attached hydrogens (tertiary/aromatic N) is 3. The zero-order valence-corrected chi connectivity index (χ0v) is 17.4. The molecule has 0 amide bonds. The lowest BCUT2D eigenvalue weighted by atomic mass is 10.2. The molecule has 30 heavy (non-hydrogen) atoms. The molecule has 0 aliphatic carbocycles. The van der Waals surface area contributed by atoms with Crippen LogP contribution in [0.4, 0.5) is 4.39 Å². The Kier molecular flexibility index (Phi) is 7.97. The number of hydrogen-bond donors (Lipinski definition) is 2. The van der Waals surface area contributed by atoms with E-state index in [1.165, 1.54) is 12.1 Å². The molecule has 8 heteroatoms. The number of benzene rings is 1. The van der Waals surface area contributed by atoms with E-state index in [1.54, 1.807) is 36.7 Å². The quantitative estimate of drug-likeness (QED) is 0.317. The normalized spacial score (nSPS) is 11.2. The van der Waals surface area contributed by atoms with Crippen molar-refractivity contribution in [2.45, 2.75) is 19.9 Å². The van der Waals surface area contributed by atoms with Gasteiger partial charge in [0.2, 0.25) is 5.88 Å². The van der Waals surface area contributed by atoms with Gasteiger partial charge in [0.1, 0.15) is 16.7 Å². The van der Waals surface area contributed by atoms with Crippen molar-refractivity contribution in [2.75, 3.05) is 13.1 Å². The minimum Gasteiger partial charge on any atom is -0.439 e. The third-order valence-corrected chi connectivity index (χ3v) is 4.30. The second-order valence-electron chi connectivity index (χ2n) is 6.43. The lowest BCUT2D eigenvalue weighted by molar-refractivity contribution is 0.457. The molecule has 6 nitrogen and oxygen atoms in total. The maximum absolute atomic E-state index is 13.2. The fourth-order valence-electron chi connectivity index (χ4n) is 2.61. The SMILES string of the molecule is CCNC(=NCc1ccc(Oc2cccc(F)c2)nc1)NCCc1ccc(Cl)nc1. The number of rotatable bonds is 8. The highest BCUT2D eigenvalue weighted by atomic mass is 35.5. The van der Waals surface area contributed by atoms with Gasteiger partial charge in [-0.05, 0) is 42.7 Å². The Bertz CT molecular complexity index is 964. The smallest absolute Gasteiger partial charge is 0.219 e. The van der Waals surface area contributed by atoms with Gasteiger partial charge in [0, 0.05) is 37.6 Å². The number of guanidine groups is 1. The van der Waals surface area contributed by atoms with E-state index >= 15 is 0 Å². The maximum Gasteiger partial charge on any atom is 0.219 e. The first-order valence-corrected chi connectivity index (χ1v) is 10.0. The van der Waals surface area contributed by atoms with Gasteiger partial charge in [0.15, 0.2) is 5.96 Å². The van der Waals surface area contributed by atoms with E-state index in [4.69, 9.17) is 16.3 Å². The molecule has 0 spiro atoms. The van der Waals surface area contributed by atoms with E-state index in [-0.39, 0.29) is 5.82 Å². The van der Waals surface area contributed by atoms with Crippen molar-refractivity contribution in [2.24, 2.45) is 4.99 Å². The molecule has 0 fully saturated rings. The summed E-state index contributed by atoms with van der Waals surface area (Å²) in [6, 6.07) is 13.3. The van der Waals surface area contributed by atoms with Crippen LogP contribution in [0.3, 0.4) is 0 Å². The van der Waals surface area contributed by atoms with Crippen LogP contribution in [-0.4, -0.2) is 29.0 Å². The minimum absolute atomic E-state index is 0.353. The number of nitrogens with one attached hydrogen (secondary N) is 2. The van der Waals surface area contributed by atoms with Crippen LogP contribution in [-0.2, 0) is 13.0 Å². The molecule has 2 N–H and O–H groups in total. The summed E-state index contributed by atoms with van der Waals surface area (Å²) in [5.41, 5.74) is 2.03. The number of aliphatic imine (C=N–C) groups is 1. The van der Waals surface area contributed by atoms with E-state index in [2.05, 4.69) is 25.6 Å². The van der Waals surface area contributed by atoms with E-state index in [0.29, 0.717) is 29.9 Å². The van der Waals surface area contributed by atoms with Gasteiger partial charge in [-0.25, -0.2) is 19.4 Å². The zero-order valence-electron chi connectivity index (χ0n) is 16.6. The van der Waals surface area contributed by atoms with Crippen LogP contribution in [0, 0.1) is 5.82 Å². The van der Waals surface area contributed by atoms with Gasteiger partial charge in [-0.1, -0.05) is 29.8 Å². The fraction of sp³-hybridized carbons (Fsp3) is 0.227. The number of halogens is 2. The van der Waals surface area contributed by atoms with E-state index < -0.39 is 0 Å². The highest BCUT2D eigenvalue weighted by Crippen LogP contribution is 2.20. The molecule has 0 aliphatic rings. The molecule has 0 saturated heterocycles. The molecule has 0 radical (unpaired) electrons. The Labute approximate surface area is 180 Å². The molecule has 0 saturated carbocycles. The van der Waals surface area contributed by atoms with Crippen LogP contribution in [0.15, 0.2) is 65.9 Å². The molecular formula is C22H23ClFN5O. The van der Waals surface area contributed by atoms with E-state index in [0.717, 1.165) is 30.1 Å². The summed E-state index contributed by atoms with van der Waals surface area (Å²) in [6.07, 6.45) is 4.27. The zero-order chi connectivity index (χ0) is 21.2. The predicted octanol–water partition coefficient (Wildman–Crippen LogP) is 4.36. The van der Waals surface area contributed by atoms with Crippen molar-refractivity contribution >= 4 is 17.6 Å². The number of aromatic nitrogens is 2. The first-order valence-electron chi connectivity index (χ1n) is 9.63. The Morgan fingerprint density at radius 1 is 1.07 bits per heavy atom. The summed E-state index contributed by atoms with van der Waals surface area (Å²) in [7, 11) is 0. The van der Waals surface area contributed by atoms with Gasteiger partial charge in [0.05, 0.1) is 6.54 Å². The second-order valence-corrected chi connectivity index (χ2v) is 6.81. The van der Waals surface area contributed by atoms with E-state index in [1.807, 2.05) is 19.1 Å². The molecule has 0 unspecified atom stereocenters. The number of pyridine rings is 2. The highest BCUT2D eigenvalue weighted by Gasteiger charge is 2.02. The Hall–Kier alpha value is -3.19. The molecule has 0 aliphatic heterocycles. The highest BCUT2D eigenvalue weighted by molar-refractivity contribution is 6.29. The summed E-state index contributed by atoms with van der Waals surface area (Å²) in [5, 5.41) is 7.01. The second kappa shape index (κ2) is 11.1. The van der Waals surface area contributed by atoms with Crippen molar-refractivity contribution in [3.8, 4) is 11.6 Å². The summed E-state index contributed by atoms with van der Waals surface area (Å²) in [4.78, 5) is 12.9. The van der Waals surface area contributed by atoms with Gasteiger partial charge in [-0.15, -0.1) is 0 Å². The first-order chi connectivity index (χ1) is 14.6. The Morgan fingerprint density at radius 2 is 1.90 bits per heavy atom. The monoisotopic (exact) mass is 427 g/mol. The average molecular weight is 428 g/mol. The Morgan fingerprint density at radius 3 is 2.60 bits per heavy atom. The molecule has 2 aromatic heterocycles. The van der Waals surface area contributed by atoms with Crippen LogP contribution in [0.5, 0.6) is 11.6 Å². The van der Waals surface area contributed by atoms with Crippen LogP contribution in [0.1, 0.15) is 18.1 Å². The van der Waals surface area contributed by atoms with Gasteiger partial charge < -0.3 is 15.4 Å². The van der Waals surface area contributed by atoms with Gasteiger partial charge in [-0.2, -0.15) is 0 Å². The van der Waals surface area contributed by atoms with Crippen LogP contribution in [0.25, 0.3) is 0 Å². The van der Waals surface area contributed by atoms with Crippen LogP contribution >= 0.6 is 11.6 Å². The lowest BCUT2D eigenvalue weighted by Gasteiger charge is -2.11. The average Bonchev–Trinajstić information content (AvgIpc) is 2.74. The van der Waals surface area contributed by atoms with Crippen LogP contribution < -0.4 is 15.4 Å². The molecule has 0 atom stereocenters. The van der Waals surface area contributed by atoms with Crippen LogP contribution in [0.2, 0.25) is 5.15 Å². The van der Waals surface area contributed by atoms with Crippen molar-refractivity contribution in [1.82, 2.24) is 20.6 Å². The maximum atomic E-state index is 13.2.